The minimum atomic E-state index is -3.58. The van der Waals surface area contributed by atoms with Gasteiger partial charge in [0.1, 0.15) is 0 Å². The third-order valence-electron chi connectivity index (χ3n) is 5.04. The van der Waals surface area contributed by atoms with E-state index in [2.05, 4.69) is 31.4 Å². The summed E-state index contributed by atoms with van der Waals surface area (Å²) in [6, 6.07) is 11.5. The third kappa shape index (κ3) is 4.05. The van der Waals surface area contributed by atoms with E-state index in [0.717, 1.165) is 4.47 Å². The molecule has 1 atom stereocenters. The van der Waals surface area contributed by atoms with Crippen molar-refractivity contribution in [1.82, 2.24) is 29.1 Å². The van der Waals surface area contributed by atoms with Crippen LogP contribution in [0.25, 0.3) is 5.65 Å². The number of carbonyl (C=O) groups excluding carboxylic acids is 1. The predicted molar refractivity (Wildman–Crippen MR) is 114 cm³/mol. The fourth-order valence-electron chi connectivity index (χ4n) is 3.38. The van der Waals surface area contributed by atoms with Crippen molar-refractivity contribution in [3.8, 4) is 0 Å². The first-order valence-corrected chi connectivity index (χ1v) is 11.7. The molecule has 1 fully saturated rings. The second kappa shape index (κ2) is 8.32. The number of amides is 2. The Balaban J connectivity index is 1.38. The minimum absolute atomic E-state index is 0.244. The normalized spacial score (nSPS) is 16.5. The number of piperazine rings is 1. The number of hydrogen-bond donors (Lipinski definition) is 1. The van der Waals surface area contributed by atoms with E-state index in [1.807, 2.05) is 35.7 Å². The van der Waals surface area contributed by atoms with Crippen molar-refractivity contribution in [2.75, 3.05) is 26.2 Å². The smallest absolute Gasteiger partial charge is 0.318 e. The van der Waals surface area contributed by atoms with Gasteiger partial charge in [-0.3, -0.25) is 4.40 Å². The van der Waals surface area contributed by atoms with Gasteiger partial charge in [0.25, 0.3) is 0 Å². The zero-order valence-electron chi connectivity index (χ0n) is 16.3. The number of hydrogen-bond acceptors (Lipinski definition) is 5. The maximum Gasteiger partial charge on any atom is 0.318 e. The molecular weight excluding hydrogens is 472 g/mol. The van der Waals surface area contributed by atoms with Crippen LogP contribution in [-0.4, -0.2) is 64.4 Å². The molecule has 0 bridgehead atoms. The van der Waals surface area contributed by atoms with Crippen LogP contribution in [-0.2, 0) is 10.0 Å². The number of rotatable bonds is 4. The van der Waals surface area contributed by atoms with Gasteiger partial charge in [-0.1, -0.05) is 22.0 Å². The van der Waals surface area contributed by atoms with Gasteiger partial charge in [-0.05, 0) is 43.3 Å². The van der Waals surface area contributed by atoms with Crippen LogP contribution in [0, 0.1) is 0 Å². The van der Waals surface area contributed by atoms with Crippen LogP contribution in [0.15, 0.2) is 58.0 Å². The van der Waals surface area contributed by atoms with Gasteiger partial charge in [0.05, 0.1) is 10.9 Å². The first-order valence-electron chi connectivity index (χ1n) is 9.47. The molecule has 0 radical (unpaired) electrons. The monoisotopic (exact) mass is 492 g/mol. The molecule has 1 N–H and O–H groups in total. The summed E-state index contributed by atoms with van der Waals surface area (Å²) in [5, 5.41) is 11.2. The molecule has 1 aliphatic rings. The largest absolute Gasteiger partial charge is 0.328 e. The number of nitrogens with one attached hydrogen (secondary N) is 1. The van der Waals surface area contributed by atoms with E-state index in [1.165, 1.54) is 4.31 Å². The summed E-state index contributed by atoms with van der Waals surface area (Å²) in [6.45, 7) is 2.96. The Bertz CT molecular complexity index is 1160. The molecule has 0 aliphatic carbocycles. The van der Waals surface area contributed by atoms with Crippen molar-refractivity contribution >= 4 is 37.6 Å². The van der Waals surface area contributed by atoms with Crippen molar-refractivity contribution in [2.24, 2.45) is 0 Å². The number of sulfonamides is 1. The standard InChI is InChI=1S/C19H21BrN6O3S/c1-14(18-23-22-17-4-2-3-9-26(17)18)21-19(27)24-10-12-25(13-11-24)30(28,29)16-7-5-15(20)6-8-16/h2-9,14H,10-13H2,1H3,(H,21,27). The Labute approximate surface area is 182 Å². The molecule has 3 heterocycles. The minimum Gasteiger partial charge on any atom is -0.328 e. The molecule has 0 saturated carbocycles. The van der Waals surface area contributed by atoms with Crippen LogP contribution in [0.4, 0.5) is 4.79 Å². The van der Waals surface area contributed by atoms with Crippen LogP contribution in [0.1, 0.15) is 18.8 Å². The van der Waals surface area contributed by atoms with Crippen LogP contribution in [0.3, 0.4) is 0 Å². The fourth-order valence-corrected chi connectivity index (χ4v) is 5.07. The van der Waals surface area contributed by atoms with Crippen molar-refractivity contribution < 1.29 is 13.2 Å². The van der Waals surface area contributed by atoms with Crippen molar-refractivity contribution in [2.45, 2.75) is 17.9 Å². The van der Waals surface area contributed by atoms with Gasteiger partial charge in [-0.25, -0.2) is 13.2 Å². The lowest BCUT2D eigenvalue weighted by atomic mass is 10.3. The molecule has 4 rings (SSSR count). The third-order valence-corrected chi connectivity index (χ3v) is 7.49. The van der Waals surface area contributed by atoms with Gasteiger partial charge in [0.15, 0.2) is 11.5 Å². The predicted octanol–water partition coefficient (Wildman–Crippen LogP) is 2.27. The molecule has 158 valence electrons. The van der Waals surface area contributed by atoms with Crippen LogP contribution in [0.5, 0.6) is 0 Å². The van der Waals surface area contributed by atoms with Crippen LogP contribution in [0.2, 0.25) is 0 Å². The molecular formula is C19H21BrN6O3S. The first-order chi connectivity index (χ1) is 14.4. The van der Waals surface area contributed by atoms with E-state index in [4.69, 9.17) is 0 Å². The molecule has 11 heteroatoms. The summed E-state index contributed by atoms with van der Waals surface area (Å²) < 4.78 is 29.7. The lowest BCUT2D eigenvalue weighted by molar-refractivity contribution is 0.169. The number of urea groups is 1. The average Bonchev–Trinajstić information content (AvgIpc) is 3.18. The van der Waals surface area contributed by atoms with Gasteiger partial charge in [0.2, 0.25) is 10.0 Å². The molecule has 1 saturated heterocycles. The van der Waals surface area contributed by atoms with E-state index in [0.29, 0.717) is 24.6 Å². The summed E-state index contributed by atoms with van der Waals surface area (Å²) in [7, 11) is -3.58. The highest BCUT2D eigenvalue weighted by atomic mass is 79.9. The summed E-state index contributed by atoms with van der Waals surface area (Å²) in [5.41, 5.74) is 0.709. The van der Waals surface area contributed by atoms with E-state index in [1.54, 1.807) is 29.2 Å². The fraction of sp³-hybridized carbons (Fsp3) is 0.316. The number of halogens is 1. The number of aromatic nitrogens is 3. The summed E-state index contributed by atoms with van der Waals surface area (Å²) in [4.78, 5) is 14.6. The molecule has 9 nitrogen and oxygen atoms in total. The highest BCUT2D eigenvalue weighted by molar-refractivity contribution is 9.10. The quantitative estimate of drug-likeness (QED) is 0.601. The number of benzene rings is 1. The van der Waals surface area contributed by atoms with Gasteiger partial charge < -0.3 is 10.2 Å². The maximum atomic E-state index is 12.8. The molecule has 30 heavy (non-hydrogen) atoms. The molecule has 1 unspecified atom stereocenters. The maximum absolute atomic E-state index is 12.8. The Morgan fingerprint density at radius 3 is 2.47 bits per heavy atom. The number of pyridine rings is 1. The summed E-state index contributed by atoms with van der Waals surface area (Å²) in [6.07, 6.45) is 1.85. The summed E-state index contributed by atoms with van der Waals surface area (Å²) in [5.74, 6) is 0.635. The average molecular weight is 493 g/mol. The molecule has 2 aromatic heterocycles. The van der Waals surface area contributed by atoms with Crippen molar-refractivity contribution in [3.05, 3.63) is 59.0 Å². The van der Waals surface area contributed by atoms with Crippen LogP contribution >= 0.6 is 15.9 Å². The van der Waals surface area contributed by atoms with Gasteiger partial charge in [0, 0.05) is 36.8 Å². The highest BCUT2D eigenvalue weighted by Crippen LogP contribution is 2.20. The molecule has 3 aromatic rings. The first kappa shape index (κ1) is 20.8. The molecule has 2 amide bonds. The van der Waals surface area contributed by atoms with E-state index in [-0.39, 0.29) is 30.1 Å². The SMILES string of the molecule is CC(NC(=O)N1CCN(S(=O)(=O)c2ccc(Br)cc2)CC1)c1nnc2ccccn12. The number of nitrogens with zero attached hydrogens (tertiary/aromatic N) is 5. The van der Waals surface area contributed by atoms with Crippen molar-refractivity contribution in [1.29, 1.82) is 0 Å². The number of carbonyl (C=O) groups is 1. The van der Waals surface area contributed by atoms with Crippen LogP contribution < -0.4 is 5.32 Å². The Morgan fingerprint density at radius 2 is 1.77 bits per heavy atom. The second-order valence-electron chi connectivity index (χ2n) is 7.00. The van der Waals surface area contributed by atoms with E-state index < -0.39 is 10.0 Å². The topological polar surface area (TPSA) is 99.9 Å². The Hall–Kier alpha value is -2.50. The van der Waals surface area contributed by atoms with E-state index in [9.17, 15) is 13.2 Å². The van der Waals surface area contributed by atoms with Crippen molar-refractivity contribution in [3.63, 3.8) is 0 Å². The second-order valence-corrected chi connectivity index (χ2v) is 9.86. The molecule has 1 aliphatic heterocycles. The highest BCUT2D eigenvalue weighted by Gasteiger charge is 2.30. The number of fused-ring (bicyclic) bond motifs is 1. The van der Waals surface area contributed by atoms with Gasteiger partial charge in [-0.2, -0.15) is 4.31 Å². The molecule has 0 spiro atoms. The van der Waals surface area contributed by atoms with Gasteiger partial charge >= 0.3 is 6.03 Å². The summed E-state index contributed by atoms with van der Waals surface area (Å²) >= 11 is 3.31. The Morgan fingerprint density at radius 1 is 1.07 bits per heavy atom. The van der Waals surface area contributed by atoms with Gasteiger partial charge in [-0.15, -0.1) is 10.2 Å². The lowest BCUT2D eigenvalue weighted by Crippen LogP contribution is -2.53. The zero-order chi connectivity index (χ0) is 21.3. The zero-order valence-corrected chi connectivity index (χ0v) is 18.7. The van der Waals surface area contributed by atoms with E-state index >= 15 is 0 Å². The lowest BCUT2D eigenvalue weighted by Gasteiger charge is -2.34. The molecule has 1 aromatic carbocycles. The Kier molecular flexibility index (Phi) is 5.76.